The quantitative estimate of drug-likeness (QED) is 0.611. The minimum Gasteiger partial charge on any atom is -0.370 e. The molecule has 2 aromatic rings. The van der Waals surface area contributed by atoms with Crippen LogP contribution in [-0.4, -0.2) is 61.2 Å². The maximum absolute atomic E-state index is 13.3. The van der Waals surface area contributed by atoms with Crippen LogP contribution in [0.3, 0.4) is 0 Å². The molecule has 2 N–H and O–H groups in total. The zero-order valence-corrected chi connectivity index (χ0v) is 21.9. The lowest BCUT2D eigenvalue weighted by Gasteiger charge is -2.45. The van der Waals surface area contributed by atoms with Crippen molar-refractivity contribution in [3.8, 4) is 0 Å². The summed E-state index contributed by atoms with van der Waals surface area (Å²) in [7, 11) is 6.96. The van der Waals surface area contributed by atoms with Crippen molar-refractivity contribution in [1.29, 1.82) is 0 Å². The molecular formula is C27H34ClN5O2. The standard InChI is InChI=1S/C27H34ClN5O2/c1-17-14-20(24(34)32(2)3)22-23(21(17)25(35)33(4)5)31-27(12-7-6-8-13-27)26(30-22)29-16-18-10-9-11-19(28)15-18/h9-11,14-15,31H,6-8,12-13,16H2,1-5H3,(H,29,30). The average Bonchev–Trinajstić information content (AvgIpc) is 2.82. The van der Waals surface area contributed by atoms with Crippen LogP contribution in [0, 0.1) is 6.92 Å². The van der Waals surface area contributed by atoms with Crippen molar-refractivity contribution < 1.29 is 9.59 Å². The van der Waals surface area contributed by atoms with Crippen molar-refractivity contribution in [2.75, 3.05) is 38.8 Å². The number of halogens is 1. The first-order valence-corrected chi connectivity index (χ1v) is 12.5. The number of fused-ring (bicyclic) bond motifs is 1. The summed E-state index contributed by atoms with van der Waals surface area (Å²) in [6.45, 7) is 2.36. The van der Waals surface area contributed by atoms with Crippen LogP contribution in [0.5, 0.6) is 0 Å². The number of amidine groups is 1. The second-order valence-corrected chi connectivity index (χ2v) is 10.4. The van der Waals surface area contributed by atoms with Gasteiger partial charge in [0.1, 0.15) is 5.84 Å². The normalized spacial score (nSPS) is 17.4. The fourth-order valence-corrected chi connectivity index (χ4v) is 5.24. The summed E-state index contributed by atoms with van der Waals surface area (Å²) in [6.07, 6.45) is 5.08. The van der Waals surface area contributed by atoms with Gasteiger partial charge >= 0.3 is 0 Å². The van der Waals surface area contributed by atoms with E-state index in [-0.39, 0.29) is 11.8 Å². The molecule has 0 atom stereocenters. The Hall–Kier alpha value is -3.06. The molecule has 0 radical (unpaired) electrons. The highest BCUT2D eigenvalue weighted by Crippen LogP contribution is 2.44. The fraction of sp³-hybridized carbons (Fsp3) is 0.444. The number of anilines is 2. The van der Waals surface area contributed by atoms with E-state index in [1.165, 1.54) is 6.42 Å². The number of rotatable bonds is 4. The summed E-state index contributed by atoms with van der Waals surface area (Å²) in [6, 6.07) is 9.50. The number of aliphatic imine (C=N–C) groups is 1. The molecule has 2 aliphatic rings. The minimum atomic E-state index is -0.419. The van der Waals surface area contributed by atoms with Gasteiger partial charge < -0.3 is 20.4 Å². The van der Waals surface area contributed by atoms with Crippen LogP contribution in [0.4, 0.5) is 11.4 Å². The maximum atomic E-state index is 13.3. The highest BCUT2D eigenvalue weighted by molar-refractivity contribution is 6.30. The molecule has 1 spiro atoms. The molecule has 1 saturated carbocycles. The predicted molar refractivity (Wildman–Crippen MR) is 143 cm³/mol. The van der Waals surface area contributed by atoms with E-state index in [2.05, 4.69) is 10.6 Å². The molecule has 8 heteroatoms. The number of hydrogen-bond acceptors (Lipinski definition) is 4. The molecule has 0 bridgehead atoms. The van der Waals surface area contributed by atoms with E-state index in [1.807, 2.05) is 31.2 Å². The summed E-state index contributed by atoms with van der Waals surface area (Å²) >= 11 is 6.19. The van der Waals surface area contributed by atoms with Crippen molar-refractivity contribution in [1.82, 2.24) is 9.80 Å². The van der Waals surface area contributed by atoms with E-state index < -0.39 is 5.54 Å². The number of nitrogens with zero attached hydrogens (tertiary/aromatic N) is 3. The number of aryl methyl sites for hydroxylation is 1. The van der Waals surface area contributed by atoms with Gasteiger partial charge in [-0.2, -0.15) is 0 Å². The maximum Gasteiger partial charge on any atom is 0.255 e. The number of carbonyl (C=O) groups excluding carboxylic acids is 2. The lowest BCUT2D eigenvalue weighted by molar-refractivity contribution is 0.0816. The zero-order chi connectivity index (χ0) is 25.3. The number of nitrogens with one attached hydrogen (secondary N) is 2. The highest BCUT2D eigenvalue weighted by Gasteiger charge is 2.43. The van der Waals surface area contributed by atoms with Gasteiger partial charge in [0.2, 0.25) is 0 Å². The van der Waals surface area contributed by atoms with Crippen molar-refractivity contribution in [3.05, 3.63) is 57.6 Å². The number of amides is 2. The summed E-state index contributed by atoms with van der Waals surface area (Å²) in [5, 5.41) is 7.97. The monoisotopic (exact) mass is 495 g/mol. The number of carbonyl (C=O) groups is 2. The molecule has 0 unspecified atom stereocenters. The topological polar surface area (TPSA) is 77.0 Å². The van der Waals surface area contributed by atoms with Crippen LogP contribution in [0.25, 0.3) is 0 Å². The van der Waals surface area contributed by atoms with E-state index in [9.17, 15) is 9.59 Å². The molecular weight excluding hydrogens is 462 g/mol. The third-order valence-corrected chi connectivity index (χ3v) is 7.09. The van der Waals surface area contributed by atoms with E-state index in [0.29, 0.717) is 34.1 Å². The first-order valence-electron chi connectivity index (χ1n) is 12.1. The van der Waals surface area contributed by atoms with Crippen LogP contribution in [0.15, 0.2) is 35.3 Å². The third kappa shape index (κ3) is 4.87. The van der Waals surface area contributed by atoms with Crippen molar-refractivity contribution in [2.45, 2.75) is 51.1 Å². The molecule has 7 nitrogen and oxygen atoms in total. The van der Waals surface area contributed by atoms with Gasteiger partial charge in [-0.15, -0.1) is 0 Å². The molecule has 35 heavy (non-hydrogen) atoms. The first kappa shape index (κ1) is 25.0. The van der Waals surface area contributed by atoms with Crippen molar-refractivity contribution in [2.24, 2.45) is 4.99 Å². The van der Waals surface area contributed by atoms with Crippen LogP contribution >= 0.6 is 11.6 Å². The Morgan fingerprint density at radius 2 is 1.69 bits per heavy atom. The molecule has 1 heterocycles. The Labute approximate surface area is 212 Å². The van der Waals surface area contributed by atoms with E-state index >= 15 is 0 Å². The van der Waals surface area contributed by atoms with Crippen LogP contribution in [0.1, 0.15) is 63.9 Å². The van der Waals surface area contributed by atoms with Crippen LogP contribution < -0.4 is 10.6 Å². The molecule has 2 aromatic carbocycles. The summed E-state index contributed by atoms with van der Waals surface area (Å²) in [5.41, 5.74) is 3.78. The SMILES string of the molecule is Cc1cc(C(=O)N(C)C)c2c(c1C(=O)N(C)C)NC1(CCCCC1)C(=NCc1cccc(Cl)c1)N2. The van der Waals surface area contributed by atoms with Crippen LogP contribution in [0.2, 0.25) is 5.02 Å². The molecule has 4 rings (SSSR count). The average molecular weight is 496 g/mol. The lowest BCUT2D eigenvalue weighted by Crippen LogP contribution is -2.54. The largest absolute Gasteiger partial charge is 0.370 e. The van der Waals surface area contributed by atoms with Gasteiger partial charge in [0.05, 0.1) is 34.6 Å². The van der Waals surface area contributed by atoms with E-state index in [1.54, 1.807) is 44.1 Å². The summed E-state index contributed by atoms with van der Waals surface area (Å²) in [5.74, 6) is 0.586. The molecule has 1 aliphatic heterocycles. The van der Waals surface area contributed by atoms with Crippen molar-refractivity contribution >= 4 is 40.6 Å². The number of benzene rings is 2. The molecule has 1 aliphatic carbocycles. The Morgan fingerprint density at radius 1 is 1.00 bits per heavy atom. The summed E-state index contributed by atoms with van der Waals surface area (Å²) in [4.78, 5) is 34.6. The van der Waals surface area contributed by atoms with Crippen molar-refractivity contribution in [3.63, 3.8) is 0 Å². The Kier molecular flexibility index (Phi) is 7.08. The van der Waals surface area contributed by atoms with Gasteiger partial charge in [-0.25, -0.2) is 0 Å². The van der Waals surface area contributed by atoms with Gasteiger partial charge in [0.25, 0.3) is 11.8 Å². The number of hydrogen-bond donors (Lipinski definition) is 2. The molecule has 0 aromatic heterocycles. The zero-order valence-electron chi connectivity index (χ0n) is 21.2. The predicted octanol–water partition coefficient (Wildman–Crippen LogP) is 5.19. The Morgan fingerprint density at radius 3 is 2.31 bits per heavy atom. The second-order valence-electron chi connectivity index (χ2n) is 9.95. The van der Waals surface area contributed by atoms with E-state index in [0.717, 1.165) is 42.6 Å². The third-order valence-electron chi connectivity index (χ3n) is 6.86. The molecule has 2 amide bonds. The van der Waals surface area contributed by atoms with Crippen LogP contribution in [-0.2, 0) is 6.54 Å². The lowest BCUT2D eigenvalue weighted by atomic mass is 9.78. The van der Waals surface area contributed by atoms with Gasteiger partial charge in [-0.1, -0.05) is 43.0 Å². The first-order chi connectivity index (χ1) is 16.6. The Bertz CT molecular complexity index is 1180. The van der Waals surface area contributed by atoms with Gasteiger partial charge in [-0.05, 0) is 49.1 Å². The smallest absolute Gasteiger partial charge is 0.255 e. The van der Waals surface area contributed by atoms with E-state index in [4.69, 9.17) is 16.6 Å². The minimum absolute atomic E-state index is 0.0952. The van der Waals surface area contributed by atoms with Gasteiger partial charge in [0, 0.05) is 33.2 Å². The Balaban J connectivity index is 1.89. The highest BCUT2D eigenvalue weighted by atomic mass is 35.5. The molecule has 0 saturated heterocycles. The van der Waals surface area contributed by atoms with Gasteiger partial charge in [0.15, 0.2) is 0 Å². The van der Waals surface area contributed by atoms with Gasteiger partial charge in [-0.3, -0.25) is 14.6 Å². The molecule has 186 valence electrons. The second kappa shape index (κ2) is 9.90. The fourth-order valence-electron chi connectivity index (χ4n) is 5.03. The molecule has 1 fully saturated rings. The summed E-state index contributed by atoms with van der Waals surface area (Å²) < 4.78 is 0.